The van der Waals surface area contributed by atoms with E-state index in [2.05, 4.69) is 0 Å². The number of carbonyl (C=O) groups is 1. The zero-order valence-corrected chi connectivity index (χ0v) is 13.1. The molecule has 6 heteroatoms. The number of aromatic nitrogens is 1. The summed E-state index contributed by atoms with van der Waals surface area (Å²) in [6.45, 7) is 2.78. The average Bonchev–Trinajstić information content (AvgIpc) is 2.90. The lowest BCUT2D eigenvalue weighted by atomic mass is 10.1. The molecule has 0 atom stereocenters. The second kappa shape index (κ2) is 6.89. The van der Waals surface area contributed by atoms with E-state index in [-0.39, 0.29) is 11.5 Å². The zero-order chi connectivity index (χ0) is 17.0. The quantitative estimate of drug-likeness (QED) is 0.813. The molecule has 0 bridgehead atoms. The summed E-state index contributed by atoms with van der Waals surface area (Å²) in [5.41, 5.74) is 0.180. The molecule has 2 rings (SSSR count). The molecule has 0 aliphatic rings. The van der Waals surface area contributed by atoms with Crippen LogP contribution >= 0.6 is 0 Å². The lowest BCUT2D eigenvalue weighted by Crippen LogP contribution is -2.32. The summed E-state index contributed by atoms with van der Waals surface area (Å²) in [6, 6.07) is 8.33. The molecule has 0 N–H and O–H groups in total. The summed E-state index contributed by atoms with van der Waals surface area (Å²) >= 11 is 0. The third-order valence-corrected chi connectivity index (χ3v) is 3.62. The van der Waals surface area contributed by atoms with Crippen molar-refractivity contribution in [2.45, 2.75) is 26.1 Å². The lowest BCUT2D eigenvalue weighted by molar-refractivity contribution is -0.137. The summed E-state index contributed by atoms with van der Waals surface area (Å²) in [7, 11) is 1.87. The molecule has 0 radical (unpaired) electrons. The van der Waals surface area contributed by atoms with Gasteiger partial charge in [0.25, 0.3) is 5.91 Å². The topological polar surface area (TPSA) is 25.2 Å². The Balaban J connectivity index is 2.26. The summed E-state index contributed by atoms with van der Waals surface area (Å²) in [5.74, 6) is -0.390. The Morgan fingerprint density at radius 2 is 1.96 bits per heavy atom. The first-order valence-corrected chi connectivity index (χ1v) is 7.39. The van der Waals surface area contributed by atoms with Gasteiger partial charge in [0.15, 0.2) is 0 Å². The van der Waals surface area contributed by atoms with Crippen molar-refractivity contribution in [1.82, 2.24) is 9.47 Å². The van der Waals surface area contributed by atoms with Gasteiger partial charge in [-0.3, -0.25) is 4.79 Å². The predicted octanol–water partition coefficient (Wildman–Crippen LogP) is 4.10. The standard InChI is InChI=1S/C17H19F3N2O/c1-3-9-22(12-15-8-5-10-21(15)2)16(23)13-6-4-7-14(11-13)17(18,19)20/h4-8,10-11H,3,9,12H2,1-2H3. The predicted molar refractivity (Wildman–Crippen MR) is 81.9 cm³/mol. The van der Waals surface area contributed by atoms with E-state index in [0.29, 0.717) is 13.1 Å². The Bertz CT molecular complexity index is 676. The zero-order valence-electron chi connectivity index (χ0n) is 13.1. The van der Waals surface area contributed by atoms with Crippen molar-refractivity contribution in [1.29, 1.82) is 0 Å². The van der Waals surface area contributed by atoms with E-state index in [9.17, 15) is 18.0 Å². The minimum Gasteiger partial charge on any atom is -0.353 e. The minimum atomic E-state index is -4.45. The third kappa shape index (κ3) is 4.15. The van der Waals surface area contributed by atoms with Gasteiger partial charge in [-0.2, -0.15) is 13.2 Å². The molecule has 3 nitrogen and oxygen atoms in total. The van der Waals surface area contributed by atoms with Gasteiger partial charge in [-0.1, -0.05) is 13.0 Å². The third-order valence-electron chi connectivity index (χ3n) is 3.62. The van der Waals surface area contributed by atoms with Crippen molar-refractivity contribution in [3.63, 3.8) is 0 Å². The maximum Gasteiger partial charge on any atom is 0.416 e. The molecule has 0 unspecified atom stereocenters. The van der Waals surface area contributed by atoms with Gasteiger partial charge in [-0.05, 0) is 36.8 Å². The molecule has 1 heterocycles. The van der Waals surface area contributed by atoms with Crippen LogP contribution in [0.5, 0.6) is 0 Å². The molecular formula is C17H19F3N2O. The van der Waals surface area contributed by atoms with Crippen LogP contribution < -0.4 is 0 Å². The van der Waals surface area contributed by atoms with Gasteiger partial charge in [-0.25, -0.2) is 0 Å². The number of amides is 1. The monoisotopic (exact) mass is 324 g/mol. The Labute approximate surface area is 133 Å². The first kappa shape index (κ1) is 17.1. The number of halogens is 3. The smallest absolute Gasteiger partial charge is 0.353 e. The molecule has 0 saturated heterocycles. The van der Waals surface area contributed by atoms with Crippen molar-refractivity contribution >= 4 is 5.91 Å². The van der Waals surface area contributed by atoms with E-state index in [0.717, 1.165) is 24.2 Å². The molecular weight excluding hydrogens is 305 g/mol. The Kier molecular flexibility index (Phi) is 5.13. The van der Waals surface area contributed by atoms with Gasteiger partial charge < -0.3 is 9.47 Å². The van der Waals surface area contributed by atoms with E-state index < -0.39 is 11.7 Å². The van der Waals surface area contributed by atoms with Crippen LogP contribution in [-0.4, -0.2) is 21.9 Å². The number of hydrogen-bond acceptors (Lipinski definition) is 1. The SMILES string of the molecule is CCCN(Cc1cccn1C)C(=O)c1cccc(C(F)(F)F)c1. The molecule has 1 aromatic heterocycles. The van der Waals surface area contributed by atoms with Crippen LogP contribution in [0, 0.1) is 0 Å². The summed E-state index contributed by atoms with van der Waals surface area (Å²) < 4.78 is 40.3. The number of hydrogen-bond donors (Lipinski definition) is 0. The molecule has 0 saturated carbocycles. The number of alkyl halides is 3. The van der Waals surface area contributed by atoms with Crippen molar-refractivity contribution in [2.75, 3.05) is 6.54 Å². The fourth-order valence-corrected chi connectivity index (χ4v) is 2.39. The normalized spacial score (nSPS) is 11.5. The Hall–Kier alpha value is -2.24. The maximum absolute atomic E-state index is 12.8. The van der Waals surface area contributed by atoms with Gasteiger partial charge in [-0.15, -0.1) is 0 Å². The number of carbonyl (C=O) groups excluding carboxylic acids is 1. The maximum atomic E-state index is 12.8. The van der Waals surface area contributed by atoms with E-state index in [1.165, 1.54) is 12.1 Å². The van der Waals surface area contributed by atoms with E-state index in [4.69, 9.17) is 0 Å². The van der Waals surface area contributed by atoms with E-state index in [1.54, 1.807) is 4.90 Å². The van der Waals surface area contributed by atoms with E-state index in [1.807, 2.05) is 36.9 Å². The van der Waals surface area contributed by atoms with Crippen LogP contribution in [0.25, 0.3) is 0 Å². The number of nitrogens with zero attached hydrogens (tertiary/aromatic N) is 2. The minimum absolute atomic E-state index is 0.0579. The molecule has 2 aromatic rings. The van der Waals surface area contributed by atoms with Gasteiger partial charge in [0, 0.05) is 31.0 Å². The summed E-state index contributed by atoms with van der Waals surface area (Å²) in [5, 5.41) is 0. The Morgan fingerprint density at radius 3 is 2.52 bits per heavy atom. The van der Waals surface area contributed by atoms with Crippen LogP contribution in [0.3, 0.4) is 0 Å². The molecule has 1 amide bonds. The van der Waals surface area contributed by atoms with Crippen molar-refractivity contribution in [3.05, 3.63) is 59.4 Å². The van der Waals surface area contributed by atoms with Gasteiger partial charge in [0.05, 0.1) is 12.1 Å². The first-order chi connectivity index (χ1) is 10.8. The summed E-state index contributed by atoms with van der Waals surface area (Å²) in [4.78, 5) is 14.2. The summed E-state index contributed by atoms with van der Waals surface area (Å²) in [6.07, 6.45) is -1.85. The molecule has 124 valence electrons. The van der Waals surface area contributed by atoms with Gasteiger partial charge in [0.1, 0.15) is 0 Å². The van der Waals surface area contributed by atoms with Crippen LogP contribution in [0.2, 0.25) is 0 Å². The number of benzene rings is 1. The molecule has 0 aliphatic carbocycles. The highest BCUT2D eigenvalue weighted by molar-refractivity contribution is 5.94. The van der Waals surface area contributed by atoms with Crippen molar-refractivity contribution in [3.8, 4) is 0 Å². The fourth-order valence-electron chi connectivity index (χ4n) is 2.39. The van der Waals surface area contributed by atoms with Crippen LogP contribution in [0.1, 0.15) is 35.0 Å². The highest BCUT2D eigenvalue weighted by atomic mass is 19.4. The van der Waals surface area contributed by atoms with E-state index >= 15 is 0 Å². The van der Waals surface area contributed by atoms with Crippen LogP contribution in [-0.2, 0) is 19.8 Å². The van der Waals surface area contributed by atoms with Crippen molar-refractivity contribution in [2.24, 2.45) is 7.05 Å². The first-order valence-electron chi connectivity index (χ1n) is 7.39. The second-order valence-electron chi connectivity index (χ2n) is 5.42. The molecule has 0 aliphatic heterocycles. The molecule has 0 spiro atoms. The lowest BCUT2D eigenvalue weighted by Gasteiger charge is -2.23. The Morgan fingerprint density at radius 1 is 1.22 bits per heavy atom. The molecule has 23 heavy (non-hydrogen) atoms. The number of aryl methyl sites for hydroxylation is 1. The second-order valence-corrected chi connectivity index (χ2v) is 5.42. The van der Waals surface area contributed by atoms with Gasteiger partial charge >= 0.3 is 6.18 Å². The van der Waals surface area contributed by atoms with Crippen LogP contribution in [0.4, 0.5) is 13.2 Å². The number of rotatable bonds is 5. The molecule has 1 aromatic carbocycles. The van der Waals surface area contributed by atoms with Gasteiger partial charge in [0.2, 0.25) is 0 Å². The molecule has 0 fully saturated rings. The average molecular weight is 324 g/mol. The van der Waals surface area contributed by atoms with Crippen molar-refractivity contribution < 1.29 is 18.0 Å². The fraction of sp³-hybridized carbons (Fsp3) is 0.353. The highest BCUT2D eigenvalue weighted by Gasteiger charge is 2.31. The largest absolute Gasteiger partial charge is 0.416 e. The highest BCUT2D eigenvalue weighted by Crippen LogP contribution is 2.29. The van der Waals surface area contributed by atoms with Crippen LogP contribution in [0.15, 0.2) is 42.6 Å².